The van der Waals surface area contributed by atoms with Gasteiger partial charge in [-0.1, -0.05) is 24.6 Å². The van der Waals surface area contributed by atoms with Gasteiger partial charge in [-0.25, -0.2) is 4.39 Å². The van der Waals surface area contributed by atoms with Gasteiger partial charge in [-0.3, -0.25) is 4.90 Å². The zero-order valence-corrected chi connectivity index (χ0v) is 11.1. The molecule has 1 saturated heterocycles. The van der Waals surface area contributed by atoms with Crippen molar-refractivity contribution in [2.24, 2.45) is 11.7 Å². The van der Waals surface area contributed by atoms with Crippen LogP contribution in [0.1, 0.15) is 18.1 Å². The summed E-state index contributed by atoms with van der Waals surface area (Å²) in [5, 5.41) is 0. The second-order valence-electron chi connectivity index (χ2n) is 4.93. The van der Waals surface area contributed by atoms with Crippen molar-refractivity contribution in [2.75, 3.05) is 13.1 Å². The predicted molar refractivity (Wildman–Crippen MR) is 70.8 cm³/mol. The Balaban J connectivity index is 0.00000144. The summed E-state index contributed by atoms with van der Waals surface area (Å²) in [5.41, 5.74) is 7.84. The van der Waals surface area contributed by atoms with Crippen molar-refractivity contribution in [3.8, 4) is 0 Å². The predicted octanol–water partition coefficient (Wildman–Crippen LogP) is 2.33. The van der Waals surface area contributed by atoms with Crippen LogP contribution in [-0.4, -0.2) is 24.0 Å². The summed E-state index contributed by atoms with van der Waals surface area (Å²) in [7, 11) is 0. The summed E-state index contributed by atoms with van der Waals surface area (Å²) in [4.78, 5) is 2.23. The first-order valence-corrected chi connectivity index (χ1v) is 5.79. The van der Waals surface area contributed by atoms with Crippen LogP contribution < -0.4 is 5.73 Å². The van der Waals surface area contributed by atoms with Crippen molar-refractivity contribution >= 4 is 12.4 Å². The van der Waals surface area contributed by atoms with Gasteiger partial charge in [-0.2, -0.15) is 0 Å². The number of hydrogen-bond donors (Lipinski definition) is 1. The molecule has 2 nitrogen and oxygen atoms in total. The van der Waals surface area contributed by atoms with Gasteiger partial charge in [-0.05, 0) is 18.9 Å². The highest BCUT2D eigenvalue weighted by Gasteiger charge is 2.26. The van der Waals surface area contributed by atoms with Gasteiger partial charge in [0.2, 0.25) is 0 Å². The average Bonchev–Trinajstić information content (AvgIpc) is 2.52. The summed E-state index contributed by atoms with van der Waals surface area (Å²) in [6.07, 6.45) is 0. The Labute approximate surface area is 108 Å². The third-order valence-electron chi connectivity index (χ3n) is 3.34. The Hall–Kier alpha value is -0.640. The van der Waals surface area contributed by atoms with Crippen molar-refractivity contribution in [3.63, 3.8) is 0 Å². The number of hydrogen-bond acceptors (Lipinski definition) is 2. The van der Waals surface area contributed by atoms with E-state index in [0.29, 0.717) is 12.5 Å². The fourth-order valence-electron chi connectivity index (χ4n) is 2.29. The van der Waals surface area contributed by atoms with Gasteiger partial charge in [0.25, 0.3) is 0 Å². The summed E-state index contributed by atoms with van der Waals surface area (Å²) >= 11 is 0. The molecule has 1 aromatic carbocycles. The number of aryl methyl sites for hydroxylation is 1. The molecule has 1 aliphatic rings. The van der Waals surface area contributed by atoms with Crippen molar-refractivity contribution in [1.29, 1.82) is 0 Å². The summed E-state index contributed by atoms with van der Waals surface area (Å²) < 4.78 is 13.6. The molecule has 2 rings (SSSR count). The van der Waals surface area contributed by atoms with Crippen molar-refractivity contribution in [1.82, 2.24) is 4.90 Å². The molecule has 4 heteroatoms. The normalized spacial score (nSPS) is 24.7. The molecule has 17 heavy (non-hydrogen) atoms. The molecule has 1 heterocycles. The van der Waals surface area contributed by atoms with Crippen LogP contribution >= 0.6 is 12.4 Å². The topological polar surface area (TPSA) is 29.3 Å². The summed E-state index contributed by atoms with van der Waals surface area (Å²) in [6.45, 7) is 6.65. The molecule has 1 aromatic rings. The number of rotatable bonds is 2. The monoisotopic (exact) mass is 258 g/mol. The van der Waals surface area contributed by atoms with Gasteiger partial charge < -0.3 is 5.73 Å². The number of likely N-dealkylation sites (tertiary alicyclic amines) is 1. The Kier molecular flexibility index (Phi) is 4.92. The molecule has 2 atom stereocenters. The van der Waals surface area contributed by atoms with Crippen molar-refractivity contribution < 1.29 is 4.39 Å². The highest BCUT2D eigenvalue weighted by atomic mass is 35.5. The van der Waals surface area contributed by atoms with E-state index in [9.17, 15) is 4.39 Å². The maximum absolute atomic E-state index is 13.6. The van der Waals surface area contributed by atoms with E-state index in [0.717, 1.165) is 24.2 Å². The van der Waals surface area contributed by atoms with Crippen molar-refractivity contribution in [3.05, 3.63) is 35.1 Å². The fourth-order valence-corrected chi connectivity index (χ4v) is 2.29. The van der Waals surface area contributed by atoms with Crippen LogP contribution in [0.4, 0.5) is 4.39 Å². The molecule has 0 bridgehead atoms. The third-order valence-corrected chi connectivity index (χ3v) is 3.34. The van der Waals surface area contributed by atoms with Crippen LogP contribution in [0.25, 0.3) is 0 Å². The second-order valence-corrected chi connectivity index (χ2v) is 4.93. The van der Waals surface area contributed by atoms with E-state index >= 15 is 0 Å². The highest BCUT2D eigenvalue weighted by Crippen LogP contribution is 2.19. The molecule has 1 aliphatic heterocycles. The lowest BCUT2D eigenvalue weighted by molar-refractivity contribution is 0.313. The number of nitrogens with zero attached hydrogens (tertiary/aromatic N) is 1. The number of halogens is 2. The van der Waals surface area contributed by atoms with E-state index in [1.54, 1.807) is 12.1 Å². The first-order chi connectivity index (χ1) is 7.56. The zero-order chi connectivity index (χ0) is 11.7. The Morgan fingerprint density at radius 3 is 2.71 bits per heavy atom. The molecule has 2 N–H and O–H groups in total. The van der Waals surface area contributed by atoms with Crippen LogP contribution in [0.15, 0.2) is 18.2 Å². The van der Waals surface area contributed by atoms with Crippen LogP contribution in [0.3, 0.4) is 0 Å². The van der Waals surface area contributed by atoms with E-state index in [2.05, 4.69) is 11.8 Å². The quantitative estimate of drug-likeness (QED) is 0.882. The summed E-state index contributed by atoms with van der Waals surface area (Å²) in [5.74, 6) is 0.395. The van der Waals surface area contributed by atoms with Crippen molar-refractivity contribution in [2.45, 2.75) is 26.4 Å². The number of nitrogens with two attached hydrogens (primary N) is 1. The van der Waals surface area contributed by atoms with Crippen LogP contribution in [0, 0.1) is 18.7 Å². The second kappa shape index (κ2) is 5.80. The Morgan fingerprint density at radius 2 is 2.12 bits per heavy atom. The van der Waals surface area contributed by atoms with E-state index in [1.807, 2.05) is 13.0 Å². The van der Waals surface area contributed by atoms with Gasteiger partial charge >= 0.3 is 0 Å². The van der Waals surface area contributed by atoms with E-state index in [4.69, 9.17) is 5.73 Å². The van der Waals surface area contributed by atoms with Crippen LogP contribution in [-0.2, 0) is 6.54 Å². The minimum Gasteiger partial charge on any atom is -0.326 e. The molecule has 2 unspecified atom stereocenters. The molecule has 0 spiro atoms. The van der Waals surface area contributed by atoms with Crippen LogP contribution in [0.5, 0.6) is 0 Å². The minimum atomic E-state index is -0.112. The van der Waals surface area contributed by atoms with Gasteiger partial charge in [0.05, 0.1) is 0 Å². The van der Waals surface area contributed by atoms with Gasteiger partial charge in [0.1, 0.15) is 5.82 Å². The third kappa shape index (κ3) is 3.41. The van der Waals surface area contributed by atoms with Gasteiger partial charge in [-0.15, -0.1) is 12.4 Å². The summed E-state index contributed by atoms with van der Waals surface area (Å²) in [6, 6.07) is 5.50. The lowest BCUT2D eigenvalue weighted by Crippen LogP contribution is -2.28. The molecule has 1 fully saturated rings. The smallest absolute Gasteiger partial charge is 0.127 e. The SMILES string of the molecule is Cc1ccc(F)c(CN2CC(C)C(N)C2)c1.Cl. The average molecular weight is 259 g/mol. The lowest BCUT2D eigenvalue weighted by Gasteiger charge is -2.16. The maximum Gasteiger partial charge on any atom is 0.127 e. The first-order valence-electron chi connectivity index (χ1n) is 5.79. The lowest BCUT2D eigenvalue weighted by atomic mass is 10.1. The molecule has 96 valence electrons. The zero-order valence-electron chi connectivity index (χ0n) is 10.3. The fraction of sp³-hybridized carbons (Fsp3) is 0.538. The minimum absolute atomic E-state index is 0. The van der Waals surface area contributed by atoms with E-state index in [-0.39, 0.29) is 24.3 Å². The molecule has 0 aromatic heterocycles. The molecule has 0 aliphatic carbocycles. The van der Waals surface area contributed by atoms with E-state index < -0.39 is 0 Å². The van der Waals surface area contributed by atoms with E-state index in [1.165, 1.54) is 0 Å². The number of benzene rings is 1. The van der Waals surface area contributed by atoms with Crippen LogP contribution in [0.2, 0.25) is 0 Å². The first kappa shape index (κ1) is 14.4. The molecule has 0 amide bonds. The Morgan fingerprint density at radius 1 is 1.41 bits per heavy atom. The standard InChI is InChI=1S/C13H19FN2.ClH/c1-9-3-4-12(14)11(5-9)7-16-6-10(2)13(15)8-16;/h3-5,10,13H,6-8,15H2,1-2H3;1H. The molecule has 0 radical (unpaired) electrons. The maximum atomic E-state index is 13.6. The highest BCUT2D eigenvalue weighted by molar-refractivity contribution is 5.85. The van der Waals surface area contributed by atoms with Gasteiger partial charge in [0.15, 0.2) is 0 Å². The molecular weight excluding hydrogens is 239 g/mol. The van der Waals surface area contributed by atoms with Gasteiger partial charge in [0, 0.05) is 31.2 Å². The Bertz CT molecular complexity index is 374. The molecule has 0 saturated carbocycles. The largest absolute Gasteiger partial charge is 0.326 e. The molecular formula is C13H20ClFN2.